The number of halogens is 1. The number of pyridine rings is 1. The Balaban J connectivity index is 2.09. The van der Waals surface area contributed by atoms with E-state index in [1.165, 1.54) is 16.7 Å². The number of aliphatic carboxylic acids is 1. The highest BCUT2D eigenvalue weighted by atomic mass is 19.1. The Bertz CT molecular complexity index is 1230. The highest BCUT2D eigenvalue weighted by Gasteiger charge is 2.16. The number of carbonyl (C=O) groups is 2. The Hall–Kier alpha value is -4.00. The Labute approximate surface area is 177 Å². The number of ketones is 1. The lowest BCUT2D eigenvalue weighted by Gasteiger charge is -2.13. The molecule has 0 radical (unpaired) electrons. The molecular formula is C24H20FNO5. The number of nitrogens with zero attached hydrogens (tertiary/aromatic N) is 1. The Morgan fingerprint density at radius 1 is 1.03 bits per heavy atom. The van der Waals surface area contributed by atoms with Crippen LogP contribution in [0.25, 0.3) is 5.76 Å². The fourth-order valence-electron chi connectivity index (χ4n) is 3.11. The van der Waals surface area contributed by atoms with Crippen LogP contribution in [0.15, 0.2) is 71.7 Å². The lowest BCUT2D eigenvalue weighted by molar-refractivity contribution is -0.146. The molecule has 7 heteroatoms. The number of aliphatic hydroxyl groups excluding tert-OH is 1. The van der Waals surface area contributed by atoms with E-state index in [1.54, 1.807) is 24.4 Å². The number of aliphatic hydroxyl groups is 1. The Morgan fingerprint density at radius 2 is 1.71 bits per heavy atom. The molecule has 0 amide bonds. The van der Waals surface area contributed by atoms with E-state index in [9.17, 15) is 23.9 Å². The van der Waals surface area contributed by atoms with Crippen molar-refractivity contribution >= 4 is 17.5 Å². The second kappa shape index (κ2) is 9.21. The van der Waals surface area contributed by atoms with Gasteiger partial charge in [0.05, 0.1) is 12.1 Å². The third kappa shape index (κ3) is 5.33. The van der Waals surface area contributed by atoms with E-state index in [4.69, 9.17) is 5.11 Å². The third-order valence-corrected chi connectivity index (χ3v) is 4.72. The van der Waals surface area contributed by atoms with Gasteiger partial charge in [-0.15, -0.1) is 0 Å². The maximum atomic E-state index is 14.1. The lowest BCUT2D eigenvalue weighted by Crippen LogP contribution is -2.25. The number of carboxylic acids is 1. The molecular weight excluding hydrogens is 401 g/mol. The van der Waals surface area contributed by atoms with Gasteiger partial charge in [0.1, 0.15) is 11.6 Å². The van der Waals surface area contributed by atoms with Crippen LogP contribution in [-0.4, -0.2) is 26.5 Å². The van der Waals surface area contributed by atoms with Gasteiger partial charge in [-0.05, 0) is 35.7 Å². The number of hydrogen-bond acceptors (Lipinski definition) is 4. The van der Waals surface area contributed by atoms with Crippen LogP contribution in [0.4, 0.5) is 4.39 Å². The van der Waals surface area contributed by atoms with Crippen molar-refractivity contribution in [2.45, 2.75) is 19.9 Å². The van der Waals surface area contributed by atoms with Crippen molar-refractivity contribution in [3.63, 3.8) is 0 Å². The molecule has 1 aromatic heterocycles. The van der Waals surface area contributed by atoms with Gasteiger partial charge in [0.25, 0.3) is 11.3 Å². The zero-order valence-corrected chi connectivity index (χ0v) is 16.7. The van der Waals surface area contributed by atoms with Crippen molar-refractivity contribution in [1.29, 1.82) is 0 Å². The van der Waals surface area contributed by atoms with Crippen LogP contribution in [0, 0.1) is 12.7 Å². The maximum Gasteiger partial charge on any atom is 0.376 e. The van der Waals surface area contributed by atoms with E-state index in [-0.39, 0.29) is 18.5 Å². The molecule has 3 rings (SSSR count). The molecule has 0 saturated heterocycles. The second-order valence-corrected chi connectivity index (χ2v) is 7.15. The molecule has 0 unspecified atom stereocenters. The molecule has 0 aliphatic heterocycles. The first-order valence-corrected chi connectivity index (χ1v) is 9.45. The first kappa shape index (κ1) is 21.7. The molecule has 2 aromatic carbocycles. The number of carbonyl (C=O) groups excluding carboxylic acids is 1. The number of aryl methyl sites for hydroxylation is 1. The molecule has 0 aliphatic carbocycles. The van der Waals surface area contributed by atoms with Gasteiger partial charge in [-0.1, -0.05) is 48.0 Å². The van der Waals surface area contributed by atoms with Gasteiger partial charge in [-0.2, -0.15) is 0 Å². The van der Waals surface area contributed by atoms with E-state index < -0.39 is 28.9 Å². The fourth-order valence-corrected chi connectivity index (χ4v) is 3.11. The summed E-state index contributed by atoms with van der Waals surface area (Å²) in [5, 5.41) is 19.1. The minimum Gasteiger partial charge on any atom is -0.507 e. The molecule has 2 N–H and O–H groups in total. The average Bonchev–Trinajstić information content (AvgIpc) is 2.73. The molecule has 3 aromatic rings. The third-order valence-electron chi connectivity index (χ3n) is 4.72. The summed E-state index contributed by atoms with van der Waals surface area (Å²) < 4.78 is 15.5. The van der Waals surface area contributed by atoms with Gasteiger partial charge in [0, 0.05) is 18.7 Å². The van der Waals surface area contributed by atoms with E-state index in [0.29, 0.717) is 17.2 Å². The predicted molar refractivity (Wildman–Crippen MR) is 113 cm³/mol. The van der Waals surface area contributed by atoms with Gasteiger partial charge >= 0.3 is 5.97 Å². The zero-order valence-electron chi connectivity index (χ0n) is 16.7. The van der Waals surface area contributed by atoms with Crippen molar-refractivity contribution in [3.8, 4) is 0 Å². The standard InChI is InChI=1S/C24H20FNO5/c1-15-6-8-16(9-7-15)13-26-14-17(10-18-4-2-3-5-20(18)25)11-19(23(26)29)21(27)12-22(28)24(30)31/h2-9,11-12,14,27H,10,13H2,1H3,(H,30,31)/b21-12-. The van der Waals surface area contributed by atoms with Crippen molar-refractivity contribution in [2.75, 3.05) is 0 Å². The molecule has 0 atom stereocenters. The Kier molecular flexibility index (Phi) is 6.45. The first-order valence-electron chi connectivity index (χ1n) is 9.45. The average molecular weight is 421 g/mol. The van der Waals surface area contributed by atoms with Gasteiger partial charge in [-0.3, -0.25) is 9.59 Å². The highest BCUT2D eigenvalue weighted by Crippen LogP contribution is 2.17. The van der Waals surface area contributed by atoms with Crippen LogP contribution in [0.3, 0.4) is 0 Å². The van der Waals surface area contributed by atoms with Crippen molar-refractivity contribution in [2.24, 2.45) is 0 Å². The van der Waals surface area contributed by atoms with E-state index in [2.05, 4.69) is 0 Å². The number of aromatic nitrogens is 1. The van der Waals surface area contributed by atoms with Crippen LogP contribution in [0.2, 0.25) is 0 Å². The topological polar surface area (TPSA) is 96.6 Å². The monoisotopic (exact) mass is 421 g/mol. The van der Waals surface area contributed by atoms with Crippen LogP contribution in [0.1, 0.15) is 27.8 Å². The SMILES string of the molecule is Cc1ccc(Cn2cc(Cc3ccccc3F)cc(/C(O)=C/C(=O)C(=O)O)c2=O)cc1. The summed E-state index contributed by atoms with van der Waals surface area (Å²) in [7, 11) is 0. The molecule has 6 nitrogen and oxygen atoms in total. The van der Waals surface area contributed by atoms with E-state index in [1.807, 2.05) is 31.2 Å². The molecule has 0 aliphatic rings. The van der Waals surface area contributed by atoms with Crippen molar-refractivity contribution in [3.05, 3.63) is 111 Å². The highest BCUT2D eigenvalue weighted by molar-refractivity contribution is 6.38. The van der Waals surface area contributed by atoms with E-state index >= 15 is 0 Å². The summed E-state index contributed by atoms with van der Waals surface area (Å²) in [6.07, 6.45) is 2.18. The van der Waals surface area contributed by atoms with Crippen LogP contribution >= 0.6 is 0 Å². The maximum absolute atomic E-state index is 14.1. The van der Waals surface area contributed by atoms with Crippen LogP contribution < -0.4 is 5.56 Å². The number of carboxylic acid groups (broad SMARTS) is 1. The van der Waals surface area contributed by atoms with Crippen molar-refractivity contribution in [1.82, 2.24) is 4.57 Å². The molecule has 0 spiro atoms. The van der Waals surface area contributed by atoms with E-state index in [0.717, 1.165) is 11.1 Å². The van der Waals surface area contributed by atoms with Gasteiger partial charge in [-0.25, -0.2) is 9.18 Å². The largest absolute Gasteiger partial charge is 0.507 e. The second-order valence-electron chi connectivity index (χ2n) is 7.15. The summed E-state index contributed by atoms with van der Waals surface area (Å²) in [6.45, 7) is 2.11. The molecule has 1 heterocycles. The fraction of sp³-hybridized carbons (Fsp3) is 0.125. The summed E-state index contributed by atoms with van der Waals surface area (Å²) in [4.78, 5) is 35.2. The molecule has 0 bridgehead atoms. The molecule has 31 heavy (non-hydrogen) atoms. The molecule has 0 saturated carbocycles. The van der Waals surface area contributed by atoms with Gasteiger partial charge in [0.15, 0.2) is 0 Å². The Morgan fingerprint density at radius 3 is 2.35 bits per heavy atom. The normalized spacial score (nSPS) is 11.4. The molecule has 158 valence electrons. The van der Waals surface area contributed by atoms with Gasteiger partial charge < -0.3 is 14.8 Å². The smallest absolute Gasteiger partial charge is 0.376 e. The van der Waals surface area contributed by atoms with Crippen LogP contribution in [-0.2, 0) is 22.6 Å². The van der Waals surface area contributed by atoms with Crippen LogP contribution in [0.5, 0.6) is 0 Å². The zero-order chi connectivity index (χ0) is 22.5. The molecule has 0 fully saturated rings. The van der Waals surface area contributed by atoms with Gasteiger partial charge in [0.2, 0.25) is 0 Å². The summed E-state index contributed by atoms with van der Waals surface area (Å²) >= 11 is 0. The summed E-state index contributed by atoms with van der Waals surface area (Å²) in [5.41, 5.74) is 1.93. The summed E-state index contributed by atoms with van der Waals surface area (Å²) in [5.74, 6) is -4.29. The number of hydrogen-bond donors (Lipinski definition) is 2. The number of rotatable bonds is 7. The van der Waals surface area contributed by atoms with Crippen molar-refractivity contribution < 1.29 is 24.2 Å². The minimum atomic E-state index is -1.76. The minimum absolute atomic E-state index is 0.133. The first-order chi connectivity index (χ1) is 14.7. The lowest BCUT2D eigenvalue weighted by atomic mass is 10.0. The quantitative estimate of drug-likeness (QED) is 0.346. The predicted octanol–water partition coefficient (Wildman–Crippen LogP) is 3.49. The number of benzene rings is 2. The summed E-state index contributed by atoms with van der Waals surface area (Å²) in [6, 6.07) is 15.0.